The molecule has 0 bridgehead atoms. The van der Waals surface area contributed by atoms with E-state index in [0.29, 0.717) is 38.0 Å². The van der Waals surface area contributed by atoms with Crippen molar-refractivity contribution in [2.45, 2.75) is 40.0 Å². The number of aryl methyl sites for hydroxylation is 1. The van der Waals surface area contributed by atoms with Gasteiger partial charge in [0, 0.05) is 18.0 Å². The van der Waals surface area contributed by atoms with Crippen molar-refractivity contribution in [3.8, 4) is 23.0 Å². The summed E-state index contributed by atoms with van der Waals surface area (Å²) in [6, 6.07) is 12.4. The average molecular weight is 455 g/mol. The molecule has 2 aromatic carbocycles. The molecule has 2 heterocycles. The Balaban J connectivity index is 1.43. The van der Waals surface area contributed by atoms with Gasteiger partial charge in [0.05, 0.1) is 17.8 Å². The molecule has 0 spiro atoms. The van der Waals surface area contributed by atoms with Crippen molar-refractivity contribution >= 4 is 11.3 Å². The molecule has 0 aliphatic carbocycles. The summed E-state index contributed by atoms with van der Waals surface area (Å²) in [6.07, 6.45) is 0. The van der Waals surface area contributed by atoms with Gasteiger partial charge in [0.25, 0.3) is 0 Å². The molecule has 32 heavy (non-hydrogen) atoms. The third kappa shape index (κ3) is 5.34. The van der Waals surface area contributed by atoms with E-state index in [0.717, 1.165) is 33.5 Å². The molecule has 0 fully saturated rings. The van der Waals surface area contributed by atoms with Crippen molar-refractivity contribution in [2.24, 2.45) is 5.92 Å². The summed E-state index contributed by atoms with van der Waals surface area (Å²) in [4.78, 5) is 4.45. The number of benzene rings is 2. The van der Waals surface area contributed by atoms with Crippen LogP contribution in [0.3, 0.4) is 0 Å². The van der Waals surface area contributed by atoms with Gasteiger partial charge >= 0.3 is 0 Å². The first kappa shape index (κ1) is 22.4. The van der Waals surface area contributed by atoms with Crippen LogP contribution in [-0.4, -0.2) is 25.3 Å². The van der Waals surface area contributed by atoms with Crippen LogP contribution in [0.4, 0.5) is 0 Å². The van der Waals surface area contributed by atoms with Crippen LogP contribution in [-0.2, 0) is 13.2 Å². The maximum absolute atomic E-state index is 5.94. The third-order valence-electron chi connectivity index (χ3n) is 5.39. The molecule has 0 radical (unpaired) electrons. The molecule has 1 atom stereocenters. The fourth-order valence-electron chi connectivity index (χ4n) is 3.79. The third-order valence-corrected chi connectivity index (χ3v) is 6.21. The number of rotatable bonds is 9. The number of ether oxygens (including phenoxy) is 4. The molecule has 1 aromatic heterocycles. The van der Waals surface area contributed by atoms with Gasteiger partial charge in [-0.15, -0.1) is 11.3 Å². The minimum Gasteiger partial charge on any atom is -0.493 e. The van der Waals surface area contributed by atoms with E-state index in [1.165, 1.54) is 5.56 Å². The predicted molar refractivity (Wildman–Crippen MR) is 126 cm³/mol. The lowest BCUT2D eigenvalue weighted by atomic mass is 9.95. The topological polar surface area (TPSA) is 61.8 Å². The predicted octanol–water partition coefficient (Wildman–Crippen LogP) is 5.30. The Morgan fingerprint density at radius 3 is 2.59 bits per heavy atom. The zero-order valence-corrected chi connectivity index (χ0v) is 19.8. The maximum Gasteiger partial charge on any atom is 0.161 e. The summed E-state index contributed by atoms with van der Waals surface area (Å²) in [7, 11) is 1.67. The molecule has 0 saturated carbocycles. The Kier molecular flexibility index (Phi) is 7.17. The highest BCUT2D eigenvalue weighted by molar-refractivity contribution is 7.09. The van der Waals surface area contributed by atoms with E-state index in [1.807, 2.05) is 30.5 Å². The highest BCUT2D eigenvalue weighted by atomic mass is 32.1. The van der Waals surface area contributed by atoms with Gasteiger partial charge in [0.2, 0.25) is 0 Å². The first-order valence-electron chi connectivity index (χ1n) is 10.9. The van der Waals surface area contributed by atoms with Gasteiger partial charge in [-0.25, -0.2) is 4.98 Å². The van der Waals surface area contributed by atoms with Crippen LogP contribution in [0.15, 0.2) is 41.8 Å². The number of aromatic nitrogens is 1. The van der Waals surface area contributed by atoms with Crippen LogP contribution in [0.1, 0.15) is 41.7 Å². The summed E-state index contributed by atoms with van der Waals surface area (Å²) in [5, 5.41) is 6.74. The summed E-state index contributed by atoms with van der Waals surface area (Å²) in [6.45, 7) is 8.75. The Morgan fingerprint density at radius 1 is 1.06 bits per heavy atom. The highest BCUT2D eigenvalue weighted by Crippen LogP contribution is 2.35. The second-order valence-corrected chi connectivity index (χ2v) is 9.20. The SMILES string of the molecule is COc1cc(CNC(c2ccc3c(c2)OCCO3)C(C)C)ccc1OCc1csc(C)n1. The van der Waals surface area contributed by atoms with Gasteiger partial charge in [0.15, 0.2) is 23.0 Å². The lowest BCUT2D eigenvalue weighted by molar-refractivity contribution is 0.171. The number of hydrogen-bond donors (Lipinski definition) is 1. The Bertz CT molecular complexity index is 1050. The fraction of sp³-hybridized carbons (Fsp3) is 0.400. The van der Waals surface area contributed by atoms with E-state index in [4.69, 9.17) is 18.9 Å². The van der Waals surface area contributed by atoms with Gasteiger partial charge in [-0.3, -0.25) is 0 Å². The van der Waals surface area contributed by atoms with Crippen LogP contribution in [0.2, 0.25) is 0 Å². The number of thiazole rings is 1. The van der Waals surface area contributed by atoms with Crippen molar-refractivity contribution in [1.82, 2.24) is 10.3 Å². The van der Waals surface area contributed by atoms with Gasteiger partial charge < -0.3 is 24.3 Å². The molecule has 0 saturated heterocycles. The van der Waals surface area contributed by atoms with Crippen molar-refractivity contribution in [3.63, 3.8) is 0 Å². The minimum atomic E-state index is 0.181. The Morgan fingerprint density at radius 2 is 1.88 bits per heavy atom. The average Bonchev–Trinajstić information content (AvgIpc) is 3.22. The molecular weight excluding hydrogens is 424 g/mol. The second-order valence-electron chi connectivity index (χ2n) is 8.14. The molecule has 1 unspecified atom stereocenters. The van der Waals surface area contributed by atoms with Crippen LogP contribution in [0.5, 0.6) is 23.0 Å². The van der Waals surface area contributed by atoms with E-state index >= 15 is 0 Å². The Labute approximate surface area is 193 Å². The van der Waals surface area contributed by atoms with Crippen LogP contribution >= 0.6 is 11.3 Å². The van der Waals surface area contributed by atoms with Crippen LogP contribution < -0.4 is 24.3 Å². The zero-order valence-electron chi connectivity index (χ0n) is 19.0. The second kappa shape index (κ2) is 10.2. The number of nitrogens with zero attached hydrogens (tertiary/aromatic N) is 1. The summed E-state index contributed by atoms with van der Waals surface area (Å²) < 4.78 is 23.0. The Hall–Kier alpha value is -2.77. The van der Waals surface area contributed by atoms with E-state index < -0.39 is 0 Å². The van der Waals surface area contributed by atoms with Crippen molar-refractivity contribution in [2.75, 3.05) is 20.3 Å². The molecule has 7 heteroatoms. The van der Waals surface area contributed by atoms with Gasteiger partial charge in [0.1, 0.15) is 19.8 Å². The number of fused-ring (bicyclic) bond motifs is 1. The van der Waals surface area contributed by atoms with E-state index in [1.54, 1.807) is 18.4 Å². The molecule has 170 valence electrons. The van der Waals surface area contributed by atoms with Gasteiger partial charge in [-0.1, -0.05) is 26.0 Å². The molecule has 1 aliphatic rings. The molecule has 0 amide bonds. The van der Waals surface area contributed by atoms with Gasteiger partial charge in [-0.05, 0) is 48.2 Å². The highest BCUT2D eigenvalue weighted by Gasteiger charge is 2.19. The first-order valence-corrected chi connectivity index (χ1v) is 11.7. The van der Waals surface area contributed by atoms with E-state index in [-0.39, 0.29) is 6.04 Å². The quantitative estimate of drug-likeness (QED) is 0.474. The van der Waals surface area contributed by atoms with Gasteiger partial charge in [-0.2, -0.15) is 0 Å². The monoisotopic (exact) mass is 454 g/mol. The van der Waals surface area contributed by atoms with E-state index in [2.05, 4.69) is 42.3 Å². The molecule has 3 aromatic rings. The molecular formula is C25H30N2O4S. The standard InChI is InChI=1S/C25H30N2O4S/c1-16(2)25(19-6-8-22-24(12-19)30-10-9-29-22)26-13-18-5-7-21(23(11-18)28-4)31-14-20-15-32-17(3)27-20/h5-8,11-12,15-16,25-26H,9-10,13-14H2,1-4H3. The lowest BCUT2D eigenvalue weighted by Gasteiger charge is -2.26. The lowest BCUT2D eigenvalue weighted by Crippen LogP contribution is -2.26. The van der Waals surface area contributed by atoms with Crippen molar-refractivity contribution < 1.29 is 18.9 Å². The zero-order chi connectivity index (χ0) is 22.5. The van der Waals surface area contributed by atoms with Crippen molar-refractivity contribution in [3.05, 3.63) is 63.6 Å². The normalized spacial score (nSPS) is 13.8. The number of hydrogen-bond acceptors (Lipinski definition) is 7. The van der Waals surface area contributed by atoms with Crippen molar-refractivity contribution in [1.29, 1.82) is 0 Å². The first-order chi connectivity index (χ1) is 15.5. The molecule has 1 aliphatic heterocycles. The number of methoxy groups -OCH3 is 1. The minimum absolute atomic E-state index is 0.181. The maximum atomic E-state index is 5.94. The largest absolute Gasteiger partial charge is 0.493 e. The fourth-order valence-corrected chi connectivity index (χ4v) is 4.38. The van der Waals surface area contributed by atoms with E-state index in [9.17, 15) is 0 Å². The summed E-state index contributed by atoms with van der Waals surface area (Å²) >= 11 is 1.62. The summed E-state index contributed by atoms with van der Waals surface area (Å²) in [5.74, 6) is 3.48. The van der Waals surface area contributed by atoms with Crippen LogP contribution in [0, 0.1) is 12.8 Å². The molecule has 4 rings (SSSR count). The number of nitrogens with one attached hydrogen (secondary N) is 1. The smallest absolute Gasteiger partial charge is 0.161 e. The molecule has 6 nitrogen and oxygen atoms in total. The van der Waals surface area contributed by atoms with Crippen LogP contribution in [0.25, 0.3) is 0 Å². The molecule has 1 N–H and O–H groups in total. The summed E-state index contributed by atoms with van der Waals surface area (Å²) in [5.41, 5.74) is 3.25.